The number of aromatic nitrogens is 1. The molecule has 22 heavy (non-hydrogen) atoms. The number of nitrogens with zero attached hydrogens (tertiary/aromatic N) is 2. The van der Waals surface area contributed by atoms with Gasteiger partial charge < -0.3 is 5.11 Å². The summed E-state index contributed by atoms with van der Waals surface area (Å²) >= 11 is 0. The molecule has 2 atom stereocenters. The molecule has 1 aliphatic heterocycles. The van der Waals surface area contributed by atoms with Crippen LogP contribution in [-0.2, 0) is 6.42 Å². The van der Waals surface area contributed by atoms with Gasteiger partial charge in [0.2, 0.25) is 0 Å². The molecule has 5 heteroatoms. The molecular formula is C17H18F2N2O. The molecule has 3 nitrogen and oxygen atoms in total. The molecule has 1 aliphatic rings. The average molecular weight is 304 g/mol. The summed E-state index contributed by atoms with van der Waals surface area (Å²) in [5.41, 5.74) is 1.26. The highest BCUT2D eigenvalue weighted by molar-refractivity contribution is 5.24. The second kappa shape index (κ2) is 6.50. The molecule has 3 rings (SSSR count). The van der Waals surface area contributed by atoms with Crippen LogP contribution in [0.4, 0.5) is 8.78 Å². The van der Waals surface area contributed by atoms with Crippen molar-refractivity contribution in [2.45, 2.75) is 25.0 Å². The Bertz CT molecular complexity index is 636. The number of β-amino-alcohol motifs (C(OH)–C–C–N with tert-alkyl or cyclic N) is 1. The monoisotopic (exact) mass is 304 g/mol. The molecule has 1 aromatic carbocycles. The van der Waals surface area contributed by atoms with Gasteiger partial charge in [0.15, 0.2) is 0 Å². The van der Waals surface area contributed by atoms with Gasteiger partial charge >= 0.3 is 0 Å². The molecule has 116 valence electrons. The Kier molecular flexibility index (Phi) is 4.45. The van der Waals surface area contributed by atoms with Crippen molar-refractivity contribution in [3.05, 3.63) is 65.5 Å². The standard InChI is InChI=1S/C17H18F2N2O/c18-12-4-5-16(19)15(9-12)17-10-14(22)11-21(17)8-6-13-3-1-2-7-20-13/h1-5,7,9,14,17,22H,6,8,10-11H2. The highest BCUT2D eigenvalue weighted by Gasteiger charge is 2.33. The van der Waals surface area contributed by atoms with Crippen LogP contribution in [0.15, 0.2) is 42.6 Å². The minimum absolute atomic E-state index is 0.297. The van der Waals surface area contributed by atoms with Crippen LogP contribution in [0.5, 0.6) is 0 Å². The Hall–Kier alpha value is -1.85. The third-order valence-electron chi connectivity index (χ3n) is 4.08. The van der Waals surface area contributed by atoms with E-state index in [9.17, 15) is 13.9 Å². The molecule has 1 saturated heterocycles. The number of hydrogen-bond acceptors (Lipinski definition) is 3. The second-order valence-corrected chi connectivity index (χ2v) is 5.64. The van der Waals surface area contributed by atoms with E-state index in [4.69, 9.17) is 0 Å². The molecule has 0 saturated carbocycles. The summed E-state index contributed by atoms with van der Waals surface area (Å²) in [5, 5.41) is 9.92. The van der Waals surface area contributed by atoms with Gasteiger partial charge in [-0.2, -0.15) is 0 Å². The van der Waals surface area contributed by atoms with Crippen molar-refractivity contribution in [3.8, 4) is 0 Å². The molecule has 1 fully saturated rings. The van der Waals surface area contributed by atoms with Gasteiger partial charge in [0.05, 0.1) is 6.10 Å². The second-order valence-electron chi connectivity index (χ2n) is 5.64. The molecule has 2 unspecified atom stereocenters. The third-order valence-corrected chi connectivity index (χ3v) is 4.08. The van der Waals surface area contributed by atoms with Gasteiger partial charge in [-0.15, -0.1) is 0 Å². The van der Waals surface area contributed by atoms with E-state index in [1.807, 2.05) is 23.1 Å². The lowest BCUT2D eigenvalue weighted by Gasteiger charge is -2.24. The molecule has 1 N–H and O–H groups in total. The highest BCUT2D eigenvalue weighted by Crippen LogP contribution is 2.33. The van der Waals surface area contributed by atoms with Crippen molar-refractivity contribution < 1.29 is 13.9 Å². The Labute approximate surface area is 128 Å². The van der Waals surface area contributed by atoms with Gasteiger partial charge in [0, 0.05) is 43.0 Å². The first-order valence-electron chi connectivity index (χ1n) is 7.40. The summed E-state index contributed by atoms with van der Waals surface area (Å²) in [6.07, 6.45) is 2.35. The van der Waals surface area contributed by atoms with E-state index in [0.29, 0.717) is 31.5 Å². The maximum Gasteiger partial charge on any atom is 0.128 e. The van der Waals surface area contributed by atoms with Crippen molar-refractivity contribution >= 4 is 0 Å². The number of pyridine rings is 1. The molecule has 0 bridgehead atoms. The van der Waals surface area contributed by atoms with E-state index in [1.54, 1.807) is 6.20 Å². The lowest BCUT2D eigenvalue weighted by Crippen LogP contribution is -2.27. The largest absolute Gasteiger partial charge is 0.392 e. The molecule has 0 spiro atoms. The van der Waals surface area contributed by atoms with Crippen LogP contribution < -0.4 is 0 Å². The Morgan fingerprint density at radius 3 is 2.86 bits per heavy atom. The fraction of sp³-hybridized carbons (Fsp3) is 0.353. The van der Waals surface area contributed by atoms with Crippen molar-refractivity contribution in [2.24, 2.45) is 0 Å². The number of aliphatic hydroxyl groups excluding tert-OH is 1. The molecule has 0 radical (unpaired) electrons. The van der Waals surface area contributed by atoms with Gasteiger partial charge in [0.25, 0.3) is 0 Å². The number of hydrogen-bond donors (Lipinski definition) is 1. The topological polar surface area (TPSA) is 36.4 Å². The summed E-state index contributed by atoms with van der Waals surface area (Å²) < 4.78 is 27.4. The predicted octanol–water partition coefficient (Wildman–Crippen LogP) is 2.71. The first-order chi connectivity index (χ1) is 10.6. The maximum atomic E-state index is 14.0. The van der Waals surface area contributed by atoms with Gasteiger partial charge in [-0.1, -0.05) is 6.07 Å². The minimum atomic E-state index is -0.517. The zero-order valence-corrected chi connectivity index (χ0v) is 12.1. The Balaban J connectivity index is 1.76. The van der Waals surface area contributed by atoms with E-state index in [0.717, 1.165) is 17.8 Å². The van der Waals surface area contributed by atoms with Gasteiger partial charge in [0.1, 0.15) is 11.6 Å². The average Bonchev–Trinajstić information content (AvgIpc) is 2.89. The third kappa shape index (κ3) is 3.31. The summed E-state index contributed by atoms with van der Waals surface area (Å²) in [4.78, 5) is 6.26. The molecule has 2 heterocycles. The van der Waals surface area contributed by atoms with E-state index >= 15 is 0 Å². The van der Waals surface area contributed by atoms with Crippen molar-refractivity contribution in [1.29, 1.82) is 0 Å². The van der Waals surface area contributed by atoms with Crippen molar-refractivity contribution in [1.82, 2.24) is 9.88 Å². The quantitative estimate of drug-likeness (QED) is 0.943. The summed E-state index contributed by atoms with van der Waals surface area (Å²) in [6.45, 7) is 1.11. The normalized spacial score (nSPS) is 22.1. The van der Waals surface area contributed by atoms with Crippen LogP contribution in [0.3, 0.4) is 0 Å². The van der Waals surface area contributed by atoms with Gasteiger partial charge in [-0.25, -0.2) is 8.78 Å². The van der Waals surface area contributed by atoms with Crippen LogP contribution >= 0.6 is 0 Å². The van der Waals surface area contributed by atoms with Crippen molar-refractivity contribution in [2.75, 3.05) is 13.1 Å². The fourth-order valence-electron chi connectivity index (χ4n) is 3.02. The molecule has 0 amide bonds. The smallest absolute Gasteiger partial charge is 0.128 e. The molecular weight excluding hydrogens is 286 g/mol. The maximum absolute atomic E-state index is 14.0. The first-order valence-corrected chi connectivity index (χ1v) is 7.40. The van der Waals surface area contributed by atoms with E-state index < -0.39 is 17.7 Å². The van der Waals surface area contributed by atoms with Crippen molar-refractivity contribution in [3.63, 3.8) is 0 Å². The van der Waals surface area contributed by atoms with Crippen LogP contribution in [0.1, 0.15) is 23.7 Å². The lowest BCUT2D eigenvalue weighted by molar-refractivity contribution is 0.175. The number of benzene rings is 1. The fourth-order valence-corrected chi connectivity index (χ4v) is 3.02. The van der Waals surface area contributed by atoms with Gasteiger partial charge in [-0.3, -0.25) is 9.88 Å². The SMILES string of the molecule is OC1CC(c2cc(F)ccc2F)N(CCc2ccccn2)C1. The first kappa shape index (κ1) is 15.1. The number of likely N-dealkylation sites (tertiary alicyclic amines) is 1. The van der Waals surface area contributed by atoms with Crippen LogP contribution in [0.2, 0.25) is 0 Å². The predicted molar refractivity (Wildman–Crippen MR) is 79.2 cm³/mol. The van der Waals surface area contributed by atoms with E-state index in [2.05, 4.69) is 4.98 Å². The zero-order chi connectivity index (χ0) is 15.5. The van der Waals surface area contributed by atoms with E-state index in [-0.39, 0.29) is 6.04 Å². The summed E-state index contributed by atoms with van der Waals surface area (Å²) in [7, 11) is 0. The Morgan fingerprint density at radius 2 is 2.09 bits per heavy atom. The number of aliphatic hydroxyl groups is 1. The minimum Gasteiger partial charge on any atom is -0.392 e. The molecule has 0 aliphatic carbocycles. The zero-order valence-electron chi connectivity index (χ0n) is 12.1. The summed E-state index contributed by atoms with van der Waals surface area (Å²) in [6, 6.07) is 8.90. The lowest BCUT2D eigenvalue weighted by atomic mass is 10.0. The highest BCUT2D eigenvalue weighted by atomic mass is 19.1. The molecule has 2 aromatic rings. The number of halogens is 2. The van der Waals surface area contributed by atoms with Crippen LogP contribution in [-0.4, -0.2) is 34.2 Å². The van der Waals surface area contributed by atoms with Gasteiger partial charge in [-0.05, 0) is 36.8 Å². The number of rotatable bonds is 4. The summed E-state index contributed by atoms with van der Waals surface area (Å²) in [5.74, 6) is -0.884. The van der Waals surface area contributed by atoms with Crippen LogP contribution in [0, 0.1) is 11.6 Å². The molecule has 1 aromatic heterocycles. The Morgan fingerprint density at radius 1 is 1.23 bits per heavy atom. The van der Waals surface area contributed by atoms with E-state index in [1.165, 1.54) is 6.07 Å². The van der Waals surface area contributed by atoms with Crippen LogP contribution in [0.25, 0.3) is 0 Å².